The molecule has 0 aliphatic carbocycles. The smallest absolute Gasteiger partial charge is 0.227 e. The maximum Gasteiger partial charge on any atom is 0.227 e. The number of nitrogens with zero attached hydrogens (tertiary/aromatic N) is 4. The van der Waals surface area contributed by atoms with Crippen molar-refractivity contribution in [2.75, 3.05) is 29.0 Å². The van der Waals surface area contributed by atoms with Crippen LogP contribution in [0.15, 0.2) is 54.7 Å². The Balaban J connectivity index is 1.62. The summed E-state index contributed by atoms with van der Waals surface area (Å²) in [5.74, 6) is 0.486. The first-order chi connectivity index (χ1) is 13.2. The molecular weight excluding hydrogens is 336 g/mol. The Morgan fingerprint density at radius 2 is 1.93 bits per heavy atom. The van der Waals surface area contributed by atoms with Gasteiger partial charge in [-0.3, -0.25) is 0 Å². The van der Waals surface area contributed by atoms with Gasteiger partial charge in [-0.2, -0.15) is 5.26 Å². The average Bonchev–Trinajstić information content (AvgIpc) is 3.22. The number of rotatable bonds is 4. The Labute approximate surface area is 158 Å². The van der Waals surface area contributed by atoms with E-state index in [0.717, 1.165) is 35.7 Å². The highest BCUT2D eigenvalue weighted by atomic mass is 15.1. The van der Waals surface area contributed by atoms with Gasteiger partial charge in [-0.15, -0.1) is 0 Å². The molecule has 6 nitrogen and oxygen atoms in total. The quantitative estimate of drug-likeness (QED) is 0.688. The van der Waals surface area contributed by atoms with Crippen LogP contribution in [0.25, 0.3) is 11.3 Å². The number of aromatic nitrogens is 2. The van der Waals surface area contributed by atoms with E-state index in [-0.39, 0.29) is 0 Å². The summed E-state index contributed by atoms with van der Waals surface area (Å²) in [7, 11) is 0. The van der Waals surface area contributed by atoms with E-state index in [1.807, 2.05) is 48.5 Å². The molecule has 134 valence electrons. The van der Waals surface area contributed by atoms with Crippen molar-refractivity contribution in [3.05, 3.63) is 60.3 Å². The third-order valence-corrected chi connectivity index (χ3v) is 4.66. The van der Waals surface area contributed by atoms with E-state index in [9.17, 15) is 5.26 Å². The molecule has 1 fully saturated rings. The predicted molar refractivity (Wildman–Crippen MR) is 108 cm³/mol. The number of benzene rings is 2. The van der Waals surface area contributed by atoms with Gasteiger partial charge in [-0.25, -0.2) is 9.97 Å². The zero-order valence-corrected chi connectivity index (χ0v) is 14.9. The summed E-state index contributed by atoms with van der Waals surface area (Å²) in [5.41, 5.74) is 10.7. The number of nitrogens with one attached hydrogen (secondary N) is 1. The largest absolute Gasteiger partial charge is 0.399 e. The van der Waals surface area contributed by atoms with Crippen LogP contribution < -0.4 is 16.0 Å². The zero-order valence-electron chi connectivity index (χ0n) is 14.9. The molecule has 2 heterocycles. The fourth-order valence-corrected chi connectivity index (χ4v) is 3.34. The van der Waals surface area contributed by atoms with Crippen LogP contribution in [0.1, 0.15) is 18.4 Å². The molecule has 6 heteroatoms. The molecule has 0 unspecified atom stereocenters. The first kappa shape index (κ1) is 16.9. The molecule has 2 aromatic carbocycles. The monoisotopic (exact) mass is 356 g/mol. The highest BCUT2D eigenvalue weighted by Crippen LogP contribution is 2.29. The lowest BCUT2D eigenvalue weighted by Crippen LogP contribution is -2.18. The number of hydrogen-bond acceptors (Lipinski definition) is 6. The molecule has 0 amide bonds. The van der Waals surface area contributed by atoms with Crippen LogP contribution in [0.4, 0.5) is 23.0 Å². The van der Waals surface area contributed by atoms with Crippen LogP contribution in [0, 0.1) is 11.3 Å². The molecule has 1 aliphatic heterocycles. The van der Waals surface area contributed by atoms with Gasteiger partial charge in [-0.1, -0.05) is 12.1 Å². The molecule has 0 bridgehead atoms. The summed E-state index contributed by atoms with van der Waals surface area (Å²) in [5, 5.41) is 12.8. The van der Waals surface area contributed by atoms with Crippen molar-refractivity contribution in [1.82, 2.24) is 9.97 Å². The third-order valence-electron chi connectivity index (χ3n) is 4.66. The number of nitrogen functional groups attached to an aromatic ring is 1. The van der Waals surface area contributed by atoms with Crippen molar-refractivity contribution < 1.29 is 0 Å². The number of nitrogens with two attached hydrogens (primary N) is 1. The molecule has 0 spiro atoms. The van der Waals surface area contributed by atoms with Gasteiger partial charge in [0.15, 0.2) is 0 Å². The summed E-state index contributed by atoms with van der Waals surface area (Å²) >= 11 is 0. The molecule has 0 radical (unpaired) electrons. The van der Waals surface area contributed by atoms with Gasteiger partial charge in [-0.05, 0) is 49.2 Å². The van der Waals surface area contributed by atoms with Gasteiger partial charge >= 0.3 is 0 Å². The summed E-state index contributed by atoms with van der Waals surface area (Å²) in [4.78, 5) is 11.1. The molecule has 27 heavy (non-hydrogen) atoms. The maximum absolute atomic E-state index is 9.59. The predicted octanol–water partition coefficient (Wildman–Crippen LogP) is 3.94. The lowest BCUT2D eigenvalue weighted by atomic mass is 10.1. The van der Waals surface area contributed by atoms with E-state index in [2.05, 4.69) is 26.3 Å². The Morgan fingerprint density at radius 3 is 2.70 bits per heavy atom. The molecule has 0 saturated carbocycles. The van der Waals surface area contributed by atoms with Gasteiger partial charge in [0.25, 0.3) is 0 Å². The molecule has 1 saturated heterocycles. The van der Waals surface area contributed by atoms with Gasteiger partial charge in [0.05, 0.1) is 16.9 Å². The first-order valence-electron chi connectivity index (χ1n) is 8.98. The van der Waals surface area contributed by atoms with Crippen LogP contribution >= 0.6 is 0 Å². The van der Waals surface area contributed by atoms with Gasteiger partial charge in [0.1, 0.15) is 6.07 Å². The first-order valence-corrected chi connectivity index (χ1v) is 8.98. The minimum absolute atomic E-state index is 0.486. The van der Waals surface area contributed by atoms with Crippen molar-refractivity contribution in [2.24, 2.45) is 0 Å². The SMILES string of the molecule is N#Cc1cc(-c2ccnc(Nc3cccc(N)c3)n2)ccc1N1CCCC1. The highest BCUT2D eigenvalue weighted by molar-refractivity contribution is 5.70. The lowest BCUT2D eigenvalue weighted by molar-refractivity contribution is 0.949. The molecule has 3 aromatic rings. The Morgan fingerprint density at radius 1 is 1.07 bits per heavy atom. The topological polar surface area (TPSA) is 90.9 Å². The van der Waals surface area contributed by atoms with Gasteiger partial charge < -0.3 is 16.0 Å². The van der Waals surface area contributed by atoms with Crippen molar-refractivity contribution in [3.63, 3.8) is 0 Å². The average molecular weight is 356 g/mol. The van der Waals surface area contributed by atoms with E-state index in [0.29, 0.717) is 17.2 Å². The second kappa shape index (κ2) is 7.34. The summed E-state index contributed by atoms with van der Waals surface area (Å²) < 4.78 is 0. The molecule has 1 aliphatic rings. The fourth-order valence-electron chi connectivity index (χ4n) is 3.34. The second-order valence-electron chi connectivity index (χ2n) is 6.55. The van der Waals surface area contributed by atoms with Gasteiger partial charge in [0.2, 0.25) is 5.95 Å². The summed E-state index contributed by atoms with van der Waals surface area (Å²) in [6.45, 7) is 2.02. The molecule has 4 rings (SSSR count). The third kappa shape index (κ3) is 3.67. The molecule has 0 atom stereocenters. The fraction of sp³-hybridized carbons (Fsp3) is 0.190. The lowest BCUT2D eigenvalue weighted by Gasteiger charge is -2.19. The standard InChI is InChI=1S/C21H20N6/c22-14-16-12-15(6-7-20(16)27-10-1-2-11-27)19-8-9-24-21(26-19)25-18-5-3-4-17(23)13-18/h3-9,12-13H,1-2,10-11,23H2,(H,24,25,26). The molecule has 1 aromatic heterocycles. The number of hydrogen-bond donors (Lipinski definition) is 2. The van der Waals surface area contributed by atoms with Gasteiger partial charge in [0, 0.05) is 36.2 Å². The zero-order chi connectivity index (χ0) is 18.6. The van der Waals surface area contributed by atoms with E-state index in [4.69, 9.17) is 5.73 Å². The number of nitriles is 1. The van der Waals surface area contributed by atoms with Crippen LogP contribution in [0.2, 0.25) is 0 Å². The highest BCUT2D eigenvalue weighted by Gasteiger charge is 2.16. The van der Waals surface area contributed by atoms with Crippen molar-refractivity contribution in [1.29, 1.82) is 5.26 Å². The van der Waals surface area contributed by atoms with E-state index in [1.165, 1.54) is 12.8 Å². The maximum atomic E-state index is 9.59. The summed E-state index contributed by atoms with van der Waals surface area (Å²) in [6.07, 6.45) is 4.06. The van der Waals surface area contributed by atoms with Crippen LogP contribution in [0.5, 0.6) is 0 Å². The van der Waals surface area contributed by atoms with E-state index in [1.54, 1.807) is 6.20 Å². The number of anilines is 4. The minimum atomic E-state index is 0.486. The van der Waals surface area contributed by atoms with Crippen molar-refractivity contribution in [3.8, 4) is 17.3 Å². The Kier molecular flexibility index (Phi) is 4.58. The van der Waals surface area contributed by atoms with Crippen LogP contribution in [-0.4, -0.2) is 23.1 Å². The molecule has 3 N–H and O–H groups in total. The van der Waals surface area contributed by atoms with Crippen molar-refractivity contribution >= 4 is 23.0 Å². The normalized spacial score (nSPS) is 13.4. The minimum Gasteiger partial charge on any atom is -0.399 e. The summed E-state index contributed by atoms with van der Waals surface area (Å²) in [6, 6.07) is 17.5. The van der Waals surface area contributed by atoms with Crippen molar-refractivity contribution in [2.45, 2.75) is 12.8 Å². The van der Waals surface area contributed by atoms with E-state index >= 15 is 0 Å². The second-order valence-corrected chi connectivity index (χ2v) is 6.55. The Bertz CT molecular complexity index is 1000. The van der Waals surface area contributed by atoms with Crippen LogP contribution in [0.3, 0.4) is 0 Å². The van der Waals surface area contributed by atoms with E-state index < -0.39 is 0 Å². The Hall–Kier alpha value is -3.59. The van der Waals surface area contributed by atoms with Crippen LogP contribution in [-0.2, 0) is 0 Å². The molecular formula is C21H20N6.